The van der Waals surface area contributed by atoms with Crippen LogP contribution in [0.3, 0.4) is 0 Å². The van der Waals surface area contributed by atoms with Gasteiger partial charge >= 0.3 is 0 Å². The maximum atomic E-state index is 2.44. The first kappa shape index (κ1) is 11.6. The molecule has 0 bridgehead atoms. The molecule has 0 atom stereocenters. The molecule has 1 aliphatic carbocycles. The van der Waals surface area contributed by atoms with Gasteiger partial charge in [0.1, 0.15) is 0 Å². The fourth-order valence-corrected chi connectivity index (χ4v) is 3.29. The van der Waals surface area contributed by atoms with Gasteiger partial charge in [0.25, 0.3) is 0 Å². The van der Waals surface area contributed by atoms with Gasteiger partial charge in [0, 0.05) is 23.1 Å². The molecule has 0 saturated heterocycles. The monoisotopic (exact) mass is 239 g/mol. The molecule has 1 aromatic carbocycles. The predicted octanol–water partition coefficient (Wildman–Crippen LogP) is 4.63. The topological polar surface area (TPSA) is 4.93 Å². The van der Waals surface area contributed by atoms with Crippen LogP contribution >= 0.6 is 0 Å². The van der Waals surface area contributed by atoms with Crippen molar-refractivity contribution in [1.82, 2.24) is 4.57 Å². The fourth-order valence-electron chi connectivity index (χ4n) is 3.29. The van der Waals surface area contributed by atoms with Crippen molar-refractivity contribution in [2.24, 2.45) is 0 Å². The van der Waals surface area contributed by atoms with Gasteiger partial charge in [-0.15, -0.1) is 0 Å². The van der Waals surface area contributed by atoms with E-state index in [1.54, 1.807) is 0 Å². The summed E-state index contributed by atoms with van der Waals surface area (Å²) in [6.07, 6.45) is 1.13. The smallest absolute Gasteiger partial charge is 0.0491 e. The first-order valence-corrected chi connectivity index (χ1v) is 6.83. The molecule has 1 heteroatoms. The van der Waals surface area contributed by atoms with Gasteiger partial charge in [-0.2, -0.15) is 0 Å². The molecule has 0 radical (unpaired) electrons. The van der Waals surface area contributed by atoms with Crippen LogP contribution in [0.15, 0.2) is 17.7 Å². The van der Waals surface area contributed by atoms with E-state index < -0.39 is 0 Å². The van der Waals surface area contributed by atoms with E-state index in [0.29, 0.717) is 0 Å². The molecule has 0 saturated carbocycles. The highest BCUT2D eigenvalue weighted by molar-refractivity contribution is 5.91. The third-order valence-corrected chi connectivity index (χ3v) is 4.68. The molecule has 94 valence electrons. The summed E-state index contributed by atoms with van der Waals surface area (Å²) >= 11 is 0. The lowest BCUT2D eigenvalue weighted by molar-refractivity contribution is 0.766. The van der Waals surface area contributed by atoms with E-state index in [0.717, 1.165) is 13.0 Å². The zero-order chi connectivity index (χ0) is 13.0. The second-order valence-corrected chi connectivity index (χ2v) is 5.56. The van der Waals surface area contributed by atoms with Crippen molar-refractivity contribution < 1.29 is 0 Å². The van der Waals surface area contributed by atoms with Gasteiger partial charge in [0.15, 0.2) is 0 Å². The largest absolute Gasteiger partial charge is 0.345 e. The highest BCUT2D eigenvalue weighted by atomic mass is 15.0. The van der Waals surface area contributed by atoms with Gasteiger partial charge in [-0.1, -0.05) is 5.57 Å². The molecular weight excluding hydrogens is 218 g/mol. The molecule has 1 heterocycles. The highest BCUT2D eigenvalue weighted by Crippen LogP contribution is 2.37. The molecule has 1 aromatic heterocycles. The van der Waals surface area contributed by atoms with Crippen LogP contribution in [0.25, 0.3) is 16.5 Å². The van der Waals surface area contributed by atoms with Gasteiger partial charge in [-0.05, 0) is 75.4 Å². The number of benzene rings is 1. The van der Waals surface area contributed by atoms with Crippen LogP contribution in [-0.2, 0) is 13.0 Å². The minimum atomic E-state index is 1.05. The number of aromatic nitrogens is 1. The van der Waals surface area contributed by atoms with Gasteiger partial charge < -0.3 is 4.57 Å². The summed E-state index contributed by atoms with van der Waals surface area (Å²) in [7, 11) is 0. The number of rotatable bonds is 1. The van der Waals surface area contributed by atoms with Crippen LogP contribution in [-0.4, -0.2) is 4.57 Å². The lowest BCUT2D eigenvalue weighted by atomic mass is 10.0. The Kier molecular flexibility index (Phi) is 2.41. The molecule has 2 aromatic rings. The van der Waals surface area contributed by atoms with Crippen LogP contribution < -0.4 is 0 Å². The lowest BCUT2D eigenvalue weighted by Crippen LogP contribution is -1.96. The standard InChI is InChI=1S/C17H21N/c1-6-18-13(5)12(4)16-8-14-7-10(2)11(3)15(14)9-17(16)18/h8-9H,6-7H2,1-5H3. The summed E-state index contributed by atoms with van der Waals surface area (Å²) in [5.74, 6) is 0. The Morgan fingerprint density at radius 1 is 1.11 bits per heavy atom. The second kappa shape index (κ2) is 3.74. The quantitative estimate of drug-likeness (QED) is 0.684. The van der Waals surface area contributed by atoms with Gasteiger partial charge in [0.05, 0.1) is 0 Å². The average molecular weight is 239 g/mol. The van der Waals surface area contributed by atoms with Gasteiger partial charge in [-0.25, -0.2) is 0 Å². The molecule has 0 N–H and O–H groups in total. The van der Waals surface area contributed by atoms with E-state index in [4.69, 9.17) is 0 Å². The van der Waals surface area contributed by atoms with Crippen molar-refractivity contribution in [3.05, 3.63) is 40.1 Å². The Labute approximate surface area is 109 Å². The fraction of sp³-hybridized carbons (Fsp3) is 0.412. The van der Waals surface area contributed by atoms with Crippen LogP contribution in [0.5, 0.6) is 0 Å². The van der Waals surface area contributed by atoms with Crippen LogP contribution in [0.4, 0.5) is 0 Å². The molecule has 1 aliphatic rings. The minimum absolute atomic E-state index is 1.05. The van der Waals surface area contributed by atoms with Crippen LogP contribution in [0, 0.1) is 13.8 Å². The molecule has 3 rings (SSSR count). The molecule has 0 spiro atoms. The number of fused-ring (bicyclic) bond motifs is 2. The van der Waals surface area contributed by atoms with E-state index in [9.17, 15) is 0 Å². The highest BCUT2D eigenvalue weighted by Gasteiger charge is 2.19. The Bertz CT molecular complexity index is 683. The summed E-state index contributed by atoms with van der Waals surface area (Å²) in [4.78, 5) is 0. The van der Waals surface area contributed by atoms with Gasteiger partial charge in [-0.3, -0.25) is 0 Å². The van der Waals surface area contributed by atoms with E-state index in [2.05, 4.69) is 51.3 Å². The molecule has 0 amide bonds. The normalized spacial score (nSPS) is 14.7. The van der Waals surface area contributed by atoms with Crippen molar-refractivity contribution in [2.45, 2.75) is 47.6 Å². The Balaban J connectivity index is 2.38. The molecule has 1 nitrogen and oxygen atoms in total. The van der Waals surface area contributed by atoms with E-state index >= 15 is 0 Å². The zero-order valence-electron chi connectivity index (χ0n) is 12.0. The van der Waals surface area contributed by atoms with Gasteiger partial charge in [0.2, 0.25) is 0 Å². The van der Waals surface area contributed by atoms with Crippen molar-refractivity contribution in [3.63, 3.8) is 0 Å². The van der Waals surface area contributed by atoms with Crippen molar-refractivity contribution in [2.75, 3.05) is 0 Å². The van der Waals surface area contributed by atoms with E-state index in [1.807, 2.05) is 0 Å². The molecular formula is C17H21N. The predicted molar refractivity (Wildman–Crippen MR) is 79.1 cm³/mol. The van der Waals surface area contributed by atoms with Crippen LogP contribution in [0.1, 0.15) is 43.2 Å². The van der Waals surface area contributed by atoms with E-state index in [1.165, 1.54) is 44.4 Å². The number of aryl methyl sites for hydroxylation is 2. The molecule has 0 fully saturated rings. The third kappa shape index (κ3) is 1.33. The first-order chi connectivity index (χ1) is 8.54. The molecule has 0 unspecified atom stereocenters. The third-order valence-electron chi connectivity index (χ3n) is 4.68. The number of hydrogen-bond acceptors (Lipinski definition) is 0. The van der Waals surface area contributed by atoms with Crippen molar-refractivity contribution >= 4 is 16.5 Å². The average Bonchev–Trinajstić information content (AvgIpc) is 2.76. The lowest BCUT2D eigenvalue weighted by Gasteiger charge is -2.06. The van der Waals surface area contributed by atoms with Crippen LogP contribution in [0.2, 0.25) is 0 Å². The maximum absolute atomic E-state index is 2.44. The second-order valence-electron chi connectivity index (χ2n) is 5.56. The number of allylic oxidation sites excluding steroid dienone is 2. The summed E-state index contributed by atoms with van der Waals surface area (Å²) in [5, 5.41) is 1.44. The number of hydrogen-bond donors (Lipinski definition) is 0. The Morgan fingerprint density at radius 3 is 2.50 bits per heavy atom. The number of nitrogens with zero attached hydrogens (tertiary/aromatic N) is 1. The summed E-state index contributed by atoms with van der Waals surface area (Å²) in [6.45, 7) is 12.3. The zero-order valence-corrected chi connectivity index (χ0v) is 12.0. The van der Waals surface area contributed by atoms with Crippen molar-refractivity contribution in [1.29, 1.82) is 0 Å². The summed E-state index contributed by atoms with van der Waals surface area (Å²) < 4.78 is 2.44. The maximum Gasteiger partial charge on any atom is 0.0491 e. The SMILES string of the molecule is CCn1c(C)c(C)c2cc3c(cc21)C(C)=C(C)C3. The summed E-state index contributed by atoms with van der Waals surface area (Å²) in [5.41, 5.74) is 10.2. The summed E-state index contributed by atoms with van der Waals surface area (Å²) in [6, 6.07) is 4.82. The molecule has 0 aliphatic heterocycles. The first-order valence-electron chi connectivity index (χ1n) is 6.83. The van der Waals surface area contributed by atoms with Crippen molar-refractivity contribution in [3.8, 4) is 0 Å². The molecule has 18 heavy (non-hydrogen) atoms. The minimum Gasteiger partial charge on any atom is -0.345 e. The van der Waals surface area contributed by atoms with E-state index in [-0.39, 0.29) is 0 Å². The Hall–Kier alpha value is -1.50. The Morgan fingerprint density at radius 2 is 1.83 bits per heavy atom.